The molecule has 8 heteroatoms. The standard InChI is InChI=1S/C23H25N5O3/c1-16(31-19-12-10-18(30-2)11-13-19)23(29)26-14-6-9-21-20(15-24)22(25)28(27-21)17-7-4-3-5-8-17/h3-5,7-8,10-13,16H,6,9,14,25H2,1-2H3,(H,26,29). The molecule has 1 atom stereocenters. The molecule has 2 aromatic carbocycles. The Hall–Kier alpha value is -3.99. The Labute approximate surface area is 181 Å². The number of anilines is 1. The van der Waals surface area contributed by atoms with Crippen molar-refractivity contribution in [1.82, 2.24) is 15.1 Å². The number of methoxy groups -OCH3 is 1. The Morgan fingerprint density at radius 2 is 1.87 bits per heavy atom. The van der Waals surface area contributed by atoms with Crippen LogP contribution in [-0.4, -0.2) is 35.4 Å². The molecule has 0 aliphatic carbocycles. The van der Waals surface area contributed by atoms with E-state index >= 15 is 0 Å². The van der Waals surface area contributed by atoms with Crippen LogP contribution in [0.2, 0.25) is 0 Å². The van der Waals surface area contributed by atoms with Crippen molar-refractivity contribution in [3.05, 3.63) is 65.9 Å². The molecule has 31 heavy (non-hydrogen) atoms. The maximum atomic E-state index is 12.3. The molecule has 8 nitrogen and oxygen atoms in total. The minimum absolute atomic E-state index is 0.217. The number of nitrogens with zero attached hydrogens (tertiary/aromatic N) is 3. The van der Waals surface area contributed by atoms with Crippen molar-refractivity contribution in [2.45, 2.75) is 25.9 Å². The molecule has 0 bridgehead atoms. The van der Waals surface area contributed by atoms with Crippen LogP contribution in [0.15, 0.2) is 54.6 Å². The van der Waals surface area contributed by atoms with Gasteiger partial charge in [0.25, 0.3) is 5.91 Å². The lowest BCUT2D eigenvalue weighted by Crippen LogP contribution is -2.36. The SMILES string of the molecule is COc1ccc(OC(C)C(=O)NCCCc2nn(-c3ccccc3)c(N)c2C#N)cc1. The third kappa shape index (κ3) is 5.34. The number of nitrogen functional groups attached to an aromatic ring is 1. The van der Waals surface area contributed by atoms with Gasteiger partial charge >= 0.3 is 0 Å². The number of hydrogen-bond acceptors (Lipinski definition) is 6. The van der Waals surface area contributed by atoms with Crippen molar-refractivity contribution in [1.29, 1.82) is 5.26 Å². The van der Waals surface area contributed by atoms with Gasteiger partial charge in [0.05, 0.1) is 18.5 Å². The molecular formula is C23H25N5O3. The van der Waals surface area contributed by atoms with Crippen LogP contribution in [0.25, 0.3) is 5.69 Å². The molecule has 1 aromatic heterocycles. The summed E-state index contributed by atoms with van der Waals surface area (Å²) in [5, 5.41) is 16.8. The highest BCUT2D eigenvalue weighted by molar-refractivity contribution is 5.80. The molecule has 1 amide bonds. The van der Waals surface area contributed by atoms with Gasteiger partial charge in [0.2, 0.25) is 0 Å². The Kier molecular flexibility index (Phi) is 7.12. The van der Waals surface area contributed by atoms with Gasteiger partial charge in [0, 0.05) is 6.54 Å². The first-order valence-corrected chi connectivity index (χ1v) is 9.94. The van der Waals surface area contributed by atoms with Gasteiger partial charge in [-0.05, 0) is 56.2 Å². The summed E-state index contributed by atoms with van der Waals surface area (Å²) in [6.07, 6.45) is 0.484. The minimum atomic E-state index is -0.643. The monoisotopic (exact) mass is 419 g/mol. The van der Waals surface area contributed by atoms with Crippen molar-refractivity contribution in [3.8, 4) is 23.3 Å². The summed E-state index contributed by atoms with van der Waals surface area (Å²) in [6, 6.07) is 18.6. The summed E-state index contributed by atoms with van der Waals surface area (Å²) in [5.74, 6) is 1.40. The summed E-state index contributed by atoms with van der Waals surface area (Å²) in [5.41, 5.74) is 7.89. The van der Waals surface area contributed by atoms with E-state index in [9.17, 15) is 10.1 Å². The molecule has 0 saturated carbocycles. The first-order chi connectivity index (χ1) is 15.0. The summed E-state index contributed by atoms with van der Waals surface area (Å²) in [6.45, 7) is 2.12. The molecular weight excluding hydrogens is 394 g/mol. The molecule has 1 unspecified atom stereocenters. The van der Waals surface area contributed by atoms with Crippen LogP contribution >= 0.6 is 0 Å². The van der Waals surface area contributed by atoms with Gasteiger partial charge in [-0.15, -0.1) is 0 Å². The number of nitrogens with one attached hydrogen (secondary N) is 1. The average molecular weight is 419 g/mol. The van der Waals surface area contributed by atoms with E-state index in [1.54, 1.807) is 43.0 Å². The molecule has 1 heterocycles. The molecule has 160 valence electrons. The molecule has 3 aromatic rings. The number of aryl methyl sites for hydroxylation is 1. The number of rotatable bonds is 9. The van der Waals surface area contributed by atoms with Gasteiger partial charge in [0.15, 0.2) is 6.10 Å². The lowest BCUT2D eigenvalue weighted by atomic mass is 10.1. The summed E-state index contributed by atoms with van der Waals surface area (Å²) < 4.78 is 12.3. The van der Waals surface area contributed by atoms with Crippen LogP contribution in [0.4, 0.5) is 5.82 Å². The summed E-state index contributed by atoms with van der Waals surface area (Å²) in [7, 11) is 1.59. The van der Waals surface area contributed by atoms with E-state index in [4.69, 9.17) is 15.2 Å². The lowest BCUT2D eigenvalue weighted by molar-refractivity contribution is -0.127. The fourth-order valence-corrected chi connectivity index (χ4v) is 3.06. The smallest absolute Gasteiger partial charge is 0.260 e. The van der Waals surface area contributed by atoms with E-state index in [0.717, 1.165) is 11.4 Å². The number of nitriles is 1. The molecule has 0 fully saturated rings. The van der Waals surface area contributed by atoms with E-state index in [2.05, 4.69) is 16.5 Å². The van der Waals surface area contributed by atoms with Crippen molar-refractivity contribution in [2.24, 2.45) is 0 Å². The van der Waals surface area contributed by atoms with Crippen molar-refractivity contribution in [2.75, 3.05) is 19.4 Å². The predicted molar refractivity (Wildman–Crippen MR) is 117 cm³/mol. The number of ether oxygens (including phenoxy) is 2. The number of benzene rings is 2. The molecule has 0 saturated heterocycles. The number of para-hydroxylation sites is 1. The Bertz CT molecular complexity index is 1060. The minimum Gasteiger partial charge on any atom is -0.497 e. The average Bonchev–Trinajstić information content (AvgIpc) is 3.12. The first kappa shape index (κ1) is 21.7. The topological polar surface area (TPSA) is 115 Å². The number of carbonyl (C=O) groups is 1. The number of nitrogens with two attached hydrogens (primary N) is 1. The Morgan fingerprint density at radius 3 is 2.52 bits per heavy atom. The van der Waals surface area contributed by atoms with Gasteiger partial charge in [-0.3, -0.25) is 4.79 Å². The summed E-state index contributed by atoms with van der Waals surface area (Å²) in [4.78, 5) is 12.3. The Morgan fingerprint density at radius 1 is 1.19 bits per heavy atom. The van der Waals surface area contributed by atoms with Crippen LogP contribution in [-0.2, 0) is 11.2 Å². The van der Waals surface area contributed by atoms with Gasteiger partial charge < -0.3 is 20.5 Å². The largest absolute Gasteiger partial charge is 0.497 e. The highest BCUT2D eigenvalue weighted by Gasteiger charge is 2.17. The molecule has 0 spiro atoms. The maximum absolute atomic E-state index is 12.3. The van der Waals surface area contributed by atoms with E-state index in [-0.39, 0.29) is 5.91 Å². The first-order valence-electron chi connectivity index (χ1n) is 9.94. The maximum Gasteiger partial charge on any atom is 0.260 e. The van der Waals surface area contributed by atoms with E-state index in [1.165, 1.54) is 0 Å². The van der Waals surface area contributed by atoms with Crippen LogP contribution in [0.3, 0.4) is 0 Å². The fourth-order valence-electron chi connectivity index (χ4n) is 3.06. The number of aromatic nitrogens is 2. The zero-order chi connectivity index (χ0) is 22.2. The molecule has 3 N–H and O–H groups in total. The van der Waals surface area contributed by atoms with Crippen LogP contribution in [0.1, 0.15) is 24.6 Å². The van der Waals surface area contributed by atoms with E-state index in [1.807, 2.05) is 30.3 Å². The molecule has 0 aliphatic heterocycles. The quantitative estimate of drug-likeness (QED) is 0.515. The highest BCUT2D eigenvalue weighted by Crippen LogP contribution is 2.21. The van der Waals surface area contributed by atoms with Crippen LogP contribution < -0.4 is 20.5 Å². The van der Waals surface area contributed by atoms with Crippen molar-refractivity contribution >= 4 is 11.7 Å². The van der Waals surface area contributed by atoms with Gasteiger partial charge in [-0.1, -0.05) is 18.2 Å². The zero-order valence-electron chi connectivity index (χ0n) is 17.5. The number of hydrogen-bond donors (Lipinski definition) is 2. The van der Waals surface area contributed by atoms with Crippen molar-refractivity contribution in [3.63, 3.8) is 0 Å². The normalized spacial score (nSPS) is 11.4. The fraction of sp³-hybridized carbons (Fsp3) is 0.261. The van der Waals surface area contributed by atoms with Crippen LogP contribution in [0.5, 0.6) is 11.5 Å². The van der Waals surface area contributed by atoms with E-state index < -0.39 is 6.10 Å². The summed E-state index contributed by atoms with van der Waals surface area (Å²) >= 11 is 0. The number of carbonyl (C=O) groups excluding carboxylic acids is 1. The van der Waals surface area contributed by atoms with Gasteiger partial charge in [-0.2, -0.15) is 10.4 Å². The van der Waals surface area contributed by atoms with Crippen molar-refractivity contribution < 1.29 is 14.3 Å². The zero-order valence-corrected chi connectivity index (χ0v) is 17.5. The van der Waals surface area contributed by atoms with E-state index in [0.29, 0.717) is 42.2 Å². The van der Waals surface area contributed by atoms with Gasteiger partial charge in [0.1, 0.15) is 28.9 Å². The van der Waals surface area contributed by atoms with Crippen LogP contribution in [0, 0.1) is 11.3 Å². The second kappa shape index (κ2) is 10.2. The number of amides is 1. The third-order valence-electron chi connectivity index (χ3n) is 4.74. The molecule has 3 rings (SSSR count). The third-order valence-corrected chi connectivity index (χ3v) is 4.74. The molecule has 0 radical (unpaired) electrons. The molecule has 0 aliphatic rings. The van der Waals surface area contributed by atoms with Gasteiger partial charge in [-0.25, -0.2) is 4.68 Å². The second-order valence-electron chi connectivity index (χ2n) is 6.90. The Balaban J connectivity index is 1.52. The lowest BCUT2D eigenvalue weighted by Gasteiger charge is -2.15. The highest BCUT2D eigenvalue weighted by atomic mass is 16.5. The second-order valence-corrected chi connectivity index (χ2v) is 6.90. The predicted octanol–water partition coefficient (Wildman–Crippen LogP) is 2.85.